The number of rotatable bonds is 6. The highest BCUT2D eigenvalue weighted by molar-refractivity contribution is 5.98. The van der Waals surface area contributed by atoms with E-state index in [4.69, 9.17) is 4.74 Å². The quantitative estimate of drug-likeness (QED) is 0.647. The molecule has 1 N–H and O–H groups in total. The lowest BCUT2D eigenvalue weighted by Gasteiger charge is -2.23. The number of esters is 1. The Hall–Kier alpha value is -1.84. The topological polar surface area (TPSA) is 55.4 Å². The van der Waals surface area contributed by atoms with Gasteiger partial charge in [-0.3, -0.25) is 9.59 Å². The van der Waals surface area contributed by atoms with Crippen molar-refractivity contribution in [3.63, 3.8) is 0 Å². The number of carbonyl (C=O) groups is 2. The third-order valence-electron chi connectivity index (χ3n) is 3.49. The number of aryl methyl sites for hydroxylation is 1. The number of nitrogens with one attached hydrogen (secondary N) is 1. The Bertz CT molecular complexity index is 506. The normalized spacial score (nSPS) is 13.8. The lowest BCUT2D eigenvalue weighted by molar-refractivity contribution is -0.157. The Morgan fingerprint density at radius 2 is 1.55 bits per heavy atom. The van der Waals surface area contributed by atoms with Crippen molar-refractivity contribution < 1.29 is 14.3 Å². The third-order valence-corrected chi connectivity index (χ3v) is 3.49. The summed E-state index contributed by atoms with van der Waals surface area (Å²) in [5, 5.41) is 2.91. The van der Waals surface area contributed by atoms with Crippen LogP contribution < -0.4 is 5.32 Å². The van der Waals surface area contributed by atoms with Gasteiger partial charge in [0, 0.05) is 0 Å². The Balaban J connectivity index is 2.78. The van der Waals surface area contributed by atoms with Crippen LogP contribution >= 0.6 is 0 Å². The molecule has 0 aliphatic rings. The van der Waals surface area contributed by atoms with E-state index >= 15 is 0 Å². The first-order chi connectivity index (χ1) is 10.2. The van der Waals surface area contributed by atoms with Crippen LogP contribution in [0.1, 0.15) is 51.8 Å². The minimum atomic E-state index is -0.782. The van der Waals surface area contributed by atoms with Gasteiger partial charge in [0.1, 0.15) is 5.92 Å². The first-order valence-electron chi connectivity index (χ1n) is 7.79. The molecule has 0 bridgehead atoms. The second-order valence-corrected chi connectivity index (χ2v) is 6.35. The van der Waals surface area contributed by atoms with Crippen molar-refractivity contribution in [3.05, 3.63) is 35.4 Å². The van der Waals surface area contributed by atoms with E-state index in [0.717, 1.165) is 5.56 Å². The Kier molecular flexibility index (Phi) is 6.60. The molecule has 1 aromatic carbocycles. The van der Waals surface area contributed by atoms with Gasteiger partial charge in [0.05, 0.1) is 12.1 Å². The number of hydrogen-bond acceptors (Lipinski definition) is 3. The number of carbonyl (C=O) groups excluding carboxylic acids is 2. The van der Waals surface area contributed by atoms with Gasteiger partial charge >= 0.3 is 5.97 Å². The van der Waals surface area contributed by atoms with Crippen molar-refractivity contribution in [1.29, 1.82) is 0 Å². The lowest BCUT2D eigenvalue weighted by Crippen LogP contribution is -2.41. The van der Waals surface area contributed by atoms with Crippen LogP contribution in [-0.2, 0) is 14.3 Å². The maximum atomic E-state index is 12.4. The summed E-state index contributed by atoms with van der Waals surface area (Å²) in [4.78, 5) is 24.6. The number of benzene rings is 1. The molecule has 1 aromatic rings. The monoisotopic (exact) mass is 305 g/mol. The molecule has 0 aromatic heterocycles. The minimum Gasteiger partial charge on any atom is -0.462 e. The molecule has 0 spiro atoms. The van der Waals surface area contributed by atoms with Crippen LogP contribution in [0.4, 0.5) is 0 Å². The summed E-state index contributed by atoms with van der Waals surface area (Å²) >= 11 is 0. The van der Waals surface area contributed by atoms with Gasteiger partial charge in [-0.05, 0) is 39.2 Å². The number of ether oxygens (including phenoxy) is 1. The van der Waals surface area contributed by atoms with Crippen molar-refractivity contribution in [2.45, 2.75) is 53.7 Å². The summed E-state index contributed by atoms with van der Waals surface area (Å²) in [5.41, 5.74) is 2.18. The molecule has 0 saturated heterocycles. The Morgan fingerprint density at radius 1 is 1.00 bits per heavy atom. The fourth-order valence-electron chi connectivity index (χ4n) is 2.23. The zero-order valence-electron chi connectivity index (χ0n) is 14.3. The van der Waals surface area contributed by atoms with Crippen LogP contribution in [0, 0.1) is 18.8 Å². The molecule has 0 saturated carbocycles. The molecule has 0 fully saturated rings. The maximum absolute atomic E-state index is 12.4. The summed E-state index contributed by atoms with van der Waals surface area (Å²) in [6.45, 7) is 11.2. The molecule has 0 aliphatic carbocycles. The van der Waals surface area contributed by atoms with Gasteiger partial charge in [0.2, 0.25) is 5.91 Å². The van der Waals surface area contributed by atoms with Gasteiger partial charge in [-0.2, -0.15) is 0 Å². The molecule has 22 heavy (non-hydrogen) atoms. The Labute approximate surface area is 133 Å². The first kappa shape index (κ1) is 18.2. The van der Waals surface area contributed by atoms with Crippen LogP contribution in [0.3, 0.4) is 0 Å². The summed E-state index contributed by atoms with van der Waals surface area (Å²) in [5.74, 6) is -1.64. The smallest absolute Gasteiger partial charge is 0.319 e. The van der Waals surface area contributed by atoms with Crippen LogP contribution in [0.25, 0.3) is 0 Å². The van der Waals surface area contributed by atoms with E-state index in [2.05, 4.69) is 5.32 Å². The number of amides is 1. The highest BCUT2D eigenvalue weighted by Crippen LogP contribution is 2.18. The van der Waals surface area contributed by atoms with Crippen LogP contribution in [0.5, 0.6) is 0 Å². The largest absolute Gasteiger partial charge is 0.462 e. The molecule has 0 heterocycles. The van der Waals surface area contributed by atoms with Crippen molar-refractivity contribution in [2.24, 2.45) is 11.8 Å². The average Bonchev–Trinajstić information content (AvgIpc) is 2.37. The van der Waals surface area contributed by atoms with E-state index < -0.39 is 11.9 Å². The van der Waals surface area contributed by atoms with Crippen molar-refractivity contribution >= 4 is 11.9 Å². The van der Waals surface area contributed by atoms with E-state index in [1.54, 1.807) is 13.8 Å². The summed E-state index contributed by atoms with van der Waals surface area (Å²) in [6.07, 6.45) is -0.226. The van der Waals surface area contributed by atoms with Crippen molar-refractivity contribution in [1.82, 2.24) is 5.32 Å². The molecular formula is C18H27NO3. The van der Waals surface area contributed by atoms with E-state index in [1.165, 1.54) is 5.56 Å². The molecule has 0 aliphatic heterocycles. The molecule has 1 amide bonds. The summed E-state index contributed by atoms with van der Waals surface area (Å²) < 4.78 is 5.20. The van der Waals surface area contributed by atoms with Gasteiger partial charge < -0.3 is 10.1 Å². The molecule has 2 unspecified atom stereocenters. The second-order valence-electron chi connectivity index (χ2n) is 6.35. The van der Waals surface area contributed by atoms with Gasteiger partial charge in [0.15, 0.2) is 0 Å². The molecular weight excluding hydrogens is 278 g/mol. The highest BCUT2D eigenvalue weighted by atomic mass is 16.5. The SMILES string of the molecule is Cc1ccc(C(C)NC(=O)C(C(=O)OC(C)C)C(C)C)cc1. The Morgan fingerprint density at radius 3 is 2.00 bits per heavy atom. The predicted octanol–water partition coefficient (Wildman–Crippen LogP) is 3.40. The van der Waals surface area contributed by atoms with E-state index in [1.807, 2.05) is 52.0 Å². The van der Waals surface area contributed by atoms with E-state index in [0.29, 0.717) is 0 Å². The molecule has 122 valence electrons. The zero-order chi connectivity index (χ0) is 16.9. The minimum absolute atomic E-state index is 0.114. The van der Waals surface area contributed by atoms with E-state index in [9.17, 15) is 9.59 Å². The van der Waals surface area contributed by atoms with Crippen LogP contribution in [0.2, 0.25) is 0 Å². The van der Waals surface area contributed by atoms with Crippen LogP contribution in [-0.4, -0.2) is 18.0 Å². The lowest BCUT2D eigenvalue weighted by atomic mass is 9.94. The maximum Gasteiger partial charge on any atom is 0.319 e. The van der Waals surface area contributed by atoms with Crippen molar-refractivity contribution in [2.75, 3.05) is 0 Å². The summed E-state index contributed by atoms with van der Waals surface area (Å²) in [6, 6.07) is 7.82. The average molecular weight is 305 g/mol. The van der Waals surface area contributed by atoms with Crippen LogP contribution in [0.15, 0.2) is 24.3 Å². The number of hydrogen-bond donors (Lipinski definition) is 1. The molecule has 0 radical (unpaired) electrons. The standard InChI is InChI=1S/C18H27NO3/c1-11(2)16(18(21)22-12(3)4)17(20)19-14(6)15-9-7-13(5)8-10-15/h7-12,14,16H,1-6H3,(H,19,20). The fraction of sp³-hybridized carbons (Fsp3) is 0.556. The van der Waals surface area contributed by atoms with Gasteiger partial charge in [0.25, 0.3) is 0 Å². The first-order valence-corrected chi connectivity index (χ1v) is 7.79. The van der Waals surface area contributed by atoms with Gasteiger partial charge in [-0.25, -0.2) is 0 Å². The van der Waals surface area contributed by atoms with Crippen molar-refractivity contribution in [3.8, 4) is 0 Å². The van der Waals surface area contributed by atoms with E-state index in [-0.39, 0.29) is 24.0 Å². The van der Waals surface area contributed by atoms with Gasteiger partial charge in [-0.1, -0.05) is 43.7 Å². The highest BCUT2D eigenvalue weighted by Gasteiger charge is 2.32. The van der Waals surface area contributed by atoms with Gasteiger partial charge in [-0.15, -0.1) is 0 Å². The fourth-order valence-corrected chi connectivity index (χ4v) is 2.23. The zero-order valence-corrected chi connectivity index (χ0v) is 14.3. The predicted molar refractivity (Wildman–Crippen MR) is 87.3 cm³/mol. The third kappa shape index (κ3) is 5.17. The molecule has 4 nitrogen and oxygen atoms in total. The molecule has 4 heteroatoms. The summed E-state index contributed by atoms with van der Waals surface area (Å²) in [7, 11) is 0. The second kappa shape index (κ2) is 7.97. The molecule has 1 rings (SSSR count). The molecule has 2 atom stereocenters.